The molecule has 0 bridgehead atoms. The second kappa shape index (κ2) is 11.4. The van der Waals surface area contributed by atoms with E-state index in [0.29, 0.717) is 11.7 Å². The average Bonchev–Trinajstić information content (AvgIpc) is 3.19. The first-order valence-corrected chi connectivity index (χ1v) is 16.2. The maximum Gasteiger partial charge on any atom is 0.122 e. The predicted octanol–water partition coefficient (Wildman–Crippen LogP) is 7.33. The molecule has 3 aromatic carbocycles. The number of methoxy groups -OCH3 is 1. The molecule has 1 aliphatic heterocycles. The molecule has 0 amide bonds. The lowest BCUT2D eigenvalue weighted by molar-refractivity contribution is 0.0751. The zero-order valence-corrected chi connectivity index (χ0v) is 26.4. The van der Waals surface area contributed by atoms with E-state index in [0.717, 1.165) is 50.7 Å². The third-order valence-electron chi connectivity index (χ3n) is 11.4. The Labute approximate surface area is 253 Å². The van der Waals surface area contributed by atoms with Gasteiger partial charge in [-0.2, -0.15) is 0 Å². The van der Waals surface area contributed by atoms with E-state index >= 15 is 0 Å². The van der Waals surface area contributed by atoms with Gasteiger partial charge in [0.25, 0.3) is 0 Å². The Morgan fingerprint density at radius 2 is 1.76 bits per heavy atom. The highest BCUT2D eigenvalue weighted by Gasteiger charge is 2.91. The molecule has 4 aliphatic rings. The summed E-state index contributed by atoms with van der Waals surface area (Å²) in [5.74, 6) is 2.84. The van der Waals surface area contributed by atoms with Crippen LogP contribution in [0.5, 0.6) is 11.5 Å². The fraction of sp³-hybridized carbons (Fsp3) is 0.526. The number of para-hydroxylation sites is 1. The van der Waals surface area contributed by atoms with Gasteiger partial charge in [-0.25, -0.2) is 0 Å². The van der Waals surface area contributed by atoms with Gasteiger partial charge in [0.05, 0.1) is 7.11 Å². The Bertz CT molecular complexity index is 1390. The van der Waals surface area contributed by atoms with Crippen molar-refractivity contribution < 1.29 is 9.84 Å². The van der Waals surface area contributed by atoms with Gasteiger partial charge in [0.15, 0.2) is 0 Å². The highest BCUT2D eigenvalue weighted by Crippen LogP contribution is 2.92. The molecule has 0 aromatic heterocycles. The van der Waals surface area contributed by atoms with Gasteiger partial charge < -0.3 is 14.7 Å². The molecule has 7 rings (SSSR count). The molecule has 2 saturated carbocycles. The highest BCUT2D eigenvalue weighted by atomic mass is 16.5. The van der Waals surface area contributed by atoms with Gasteiger partial charge in [-0.05, 0) is 97.0 Å². The van der Waals surface area contributed by atoms with Crippen LogP contribution >= 0.6 is 0 Å². The molecular weight excluding hydrogens is 516 g/mol. The second-order valence-electron chi connectivity index (χ2n) is 13.8. The van der Waals surface area contributed by atoms with E-state index in [1.807, 2.05) is 12.1 Å². The highest BCUT2D eigenvalue weighted by molar-refractivity contribution is 5.61. The summed E-state index contributed by atoms with van der Waals surface area (Å²) in [6.07, 6.45) is 6.00. The Morgan fingerprint density at radius 3 is 2.52 bits per heavy atom. The molecule has 4 nitrogen and oxygen atoms in total. The molecule has 224 valence electrons. The van der Waals surface area contributed by atoms with Gasteiger partial charge in [0.2, 0.25) is 0 Å². The van der Waals surface area contributed by atoms with E-state index < -0.39 is 0 Å². The molecule has 4 heteroatoms. The summed E-state index contributed by atoms with van der Waals surface area (Å²) >= 11 is 0. The lowest BCUT2D eigenvalue weighted by atomic mass is 9.71. The Morgan fingerprint density at radius 1 is 1.02 bits per heavy atom. The van der Waals surface area contributed by atoms with E-state index in [1.54, 1.807) is 7.11 Å². The van der Waals surface area contributed by atoms with Crippen molar-refractivity contribution in [2.45, 2.75) is 64.8 Å². The molecule has 3 aromatic rings. The number of rotatable bonds is 8. The molecule has 3 fully saturated rings. The minimum atomic E-state index is 0.160. The van der Waals surface area contributed by atoms with Crippen molar-refractivity contribution in [3.05, 3.63) is 95.1 Å². The Kier molecular flexibility index (Phi) is 7.91. The summed E-state index contributed by atoms with van der Waals surface area (Å²) in [4.78, 5) is 5.30. The molecule has 1 saturated heterocycles. The monoisotopic (exact) mass is 566 g/mol. The third kappa shape index (κ3) is 4.40. The summed E-state index contributed by atoms with van der Waals surface area (Å²) in [6.45, 7) is 12.4. The molecule has 0 radical (unpaired) electrons. The molecule has 1 N–H and O–H groups in total. The van der Waals surface area contributed by atoms with E-state index in [-0.39, 0.29) is 16.2 Å². The van der Waals surface area contributed by atoms with Gasteiger partial charge in [0, 0.05) is 37.0 Å². The normalized spacial score (nSPS) is 30.5. The first-order chi connectivity index (χ1) is 20.3. The SMILES string of the molecule is CCC.COc1ccccc1CCN(C)CC12Cc3ccc(O)cc3C13C1CN(Cc4ccccc4)CC[C@H]1CC23C. The first-order valence-electron chi connectivity index (χ1n) is 16.2. The number of nitrogens with zero attached hydrogens (tertiary/aromatic N) is 2. The number of hydrogen-bond acceptors (Lipinski definition) is 4. The molecule has 1 heterocycles. The van der Waals surface area contributed by atoms with Crippen LogP contribution in [0, 0.1) is 22.7 Å². The number of ether oxygens (including phenoxy) is 1. The van der Waals surface area contributed by atoms with Crippen molar-refractivity contribution >= 4 is 0 Å². The fourth-order valence-corrected chi connectivity index (χ4v) is 10.0. The van der Waals surface area contributed by atoms with Gasteiger partial charge in [-0.3, -0.25) is 4.90 Å². The van der Waals surface area contributed by atoms with Crippen molar-refractivity contribution in [2.75, 3.05) is 40.3 Å². The van der Waals surface area contributed by atoms with Gasteiger partial charge in [-0.15, -0.1) is 0 Å². The van der Waals surface area contributed by atoms with Crippen LogP contribution in [0.15, 0.2) is 72.8 Å². The number of likely N-dealkylation sites (N-methyl/N-ethyl adjacent to an activating group) is 1. The quantitative estimate of drug-likeness (QED) is 0.310. The lowest BCUT2D eigenvalue weighted by Gasteiger charge is -2.42. The van der Waals surface area contributed by atoms with Crippen LogP contribution in [0.4, 0.5) is 0 Å². The van der Waals surface area contributed by atoms with Crippen molar-refractivity contribution in [1.82, 2.24) is 9.80 Å². The summed E-state index contributed by atoms with van der Waals surface area (Å²) in [5.41, 5.74) is 6.33. The number of fused-ring (bicyclic) bond motifs is 3. The van der Waals surface area contributed by atoms with Crippen molar-refractivity contribution in [3.8, 4) is 11.5 Å². The van der Waals surface area contributed by atoms with Crippen LogP contribution in [0.25, 0.3) is 0 Å². The summed E-state index contributed by atoms with van der Waals surface area (Å²) in [7, 11) is 4.08. The smallest absolute Gasteiger partial charge is 0.122 e. The van der Waals surface area contributed by atoms with Crippen LogP contribution in [0.2, 0.25) is 0 Å². The maximum atomic E-state index is 10.7. The predicted molar refractivity (Wildman–Crippen MR) is 172 cm³/mol. The largest absolute Gasteiger partial charge is 0.508 e. The molecule has 1 spiro atoms. The summed E-state index contributed by atoms with van der Waals surface area (Å²) in [5, 5.41) is 10.7. The van der Waals surface area contributed by atoms with Crippen LogP contribution in [0.1, 0.15) is 62.3 Å². The third-order valence-corrected chi connectivity index (χ3v) is 11.4. The number of phenols is 1. The average molecular weight is 567 g/mol. The number of likely N-dealkylation sites (tertiary alicyclic amines) is 1. The molecule has 4 unspecified atom stereocenters. The standard InChI is InChI=1S/C35H42N2O2.C3H8/c1-33-20-28-16-18-37(22-25-9-5-4-6-10-25)23-31(28)35(33)30-19-29(38)14-13-27(30)21-34(33,35)24-36(2)17-15-26-11-7-8-12-32(26)39-3;1-3-2/h4-14,19,28,31,38H,15-18,20-24H2,1-3H3;3H2,1-2H3/t28-,31?,33?,34?,35?;/m0./s1. The minimum absolute atomic E-state index is 0.160. The maximum absolute atomic E-state index is 10.7. The van der Waals surface area contributed by atoms with Crippen LogP contribution < -0.4 is 4.74 Å². The lowest BCUT2D eigenvalue weighted by Crippen LogP contribution is -2.46. The number of phenolic OH excluding ortho intramolecular Hbond substituents is 1. The molecule has 3 aliphatic carbocycles. The summed E-state index contributed by atoms with van der Waals surface area (Å²) < 4.78 is 5.63. The molecule has 5 atom stereocenters. The van der Waals surface area contributed by atoms with E-state index in [9.17, 15) is 5.11 Å². The number of hydrogen-bond donors (Lipinski definition) is 1. The number of benzene rings is 3. The van der Waals surface area contributed by atoms with E-state index in [4.69, 9.17) is 4.74 Å². The number of aromatic hydroxyl groups is 1. The van der Waals surface area contributed by atoms with Gasteiger partial charge in [-0.1, -0.05) is 81.8 Å². The summed E-state index contributed by atoms with van der Waals surface area (Å²) in [6, 6.07) is 25.7. The Balaban J connectivity index is 0.00000101. The van der Waals surface area contributed by atoms with Crippen molar-refractivity contribution in [2.24, 2.45) is 22.7 Å². The Hall–Kier alpha value is -2.82. The zero-order chi connectivity index (χ0) is 29.5. The fourth-order valence-electron chi connectivity index (χ4n) is 10.0. The van der Waals surface area contributed by atoms with Crippen LogP contribution in [0.3, 0.4) is 0 Å². The van der Waals surface area contributed by atoms with E-state index in [2.05, 4.69) is 98.3 Å². The van der Waals surface area contributed by atoms with Crippen molar-refractivity contribution in [3.63, 3.8) is 0 Å². The van der Waals surface area contributed by atoms with Gasteiger partial charge in [0.1, 0.15) is 11.5 Å². The number of piperidine rings is 1. The molecular formula is C38H50N2O2. The zero-order valence-electron chi connectivity index (χ0n) is 26.4. The topological polar surface area (TPSA) is 35.9 Å². The van der Waals surface area contributed by atoms with Crippen LogP contribution in [-0.4, -0.2) is 55.2 Å². The minimum Gasteiger partial charge on any atom is -0.508 e. The molecule has 42 heavy (non-hydrogen) atoms. The second-order valence-corrected chi connectivity index (χ2v) is 13.8. The van der Waals surface area contributed by atoms with Crippen molar-refractivity contribution in [1.29, 1.82) is 0 Å². The van der Waals surface area contributed by atoms with Crippen LogP contribution in [-0.2, 0) is 24.8 Å². The van der Waals surface area contributed by atoms with E-state index in [1.165, 1.54) is 48.1 Å². The first kappa shape index (κ1) is 29.3. The van der Waals surface area contributed by atoms with Gasteiger partial charge >= 0.3 is 0 Å².